The van der Waals surface area contributed by atoms with Crippen molar-refractivity contribution in [3.63, 3.8) is 0 Å². The number of nitrogens with zero attached hydrogens (tertiary/aromatic N) is 2. The minimum atomic E-state index is -0.608. The van der Waals surface area contributed by atoms with E-state index in [1.807, 2.05) is 54.8 Å². The maximum atomic E-state index is 13.4. The molecule has 7 heteroatoms. The molecule has 1 fully saturated rings. The van der Waals surface area contributed by atoms with Crippen LogP contribution in [0.5, 0.6) is 0 Å². The molecular formula is C28H46N4O3. The molecule has 1 aromatic carbocycles. The summed E-state index contributed by atoms with van der Waals surface area (Å²) in [5.41, 5.74) is 1.90. The van der Waals surface area contributed by atoms with Crippen molar-refractivity contribution >= 4 is 23.5 Å². The summed E-state index contributed by atoms with van der Waals surface area (Å²) < 4.78 is 0. The van der Waals surface area contributed by atoms with Crippen LogP contribution < -0.4 is 10.6 Å². The van der Waals surface area contributed by atoms with Gasteiger partial charge in [-0.1, -0.05) is 71.9 Å². The van der Waals surface area contributed by atoms with Gasteiger partial charge in [0.25, 0.3) is 0 Å². The van der Waals surface area contributed by atoms with Gasteiger partial charge in [-0.3, -0.25) is 9.59 Å². The molecule has 0 saturated carbocycles. The molecule has 1 saturated heterocycles. The minimum absolute atomic E-state index is 0.00574. The van der Waals surface area contributed by atoms with Crippen molar-refractivity contribution in [2.45, 2.75) is 98.1 Å². The van der Waals surface area contributed by atoms with Crippen molar-refractivity contribution in [2.75, 3.05) is 25.0 Å². The number of unbranched alkanes of at least 4 members (excludes halogenated alkanes) is 4. The molecule has 3 atom stereocenters. The highest BCUT2D eigenvalue weighted by atomic mass is 16.2. The van der Waals surface area contributed by atoms with E-state index < -0.39 is 6.04 Å². The van der Waals surface area contributed by atoms with Crippen molar-refractivity contribution in [3.8, 4) is 0 Å². The number of carbonyl (C=O) groups excluding carboxylic acids is 3. The lowest BCUT2D eigenvalue weighted by molar-refractivity contribution is -0.144. The molecule has 0 spiro atoms. The number of aryl methyl sites for hydroxylation is 1. The third-order valence-electron chi connectivity index (χ3n) is 7.14. The molecule has 1 aromatic rings. The molecule has 3 unspecified atom stereocenters. The summed E-state index contributed by atoms with van der Waals surface area (Å²) in [7, 11) is 0. The monoisotopic (exact) mass is 486 g/mol. The van der Waals surface area contributed by atoms with Gasteiger partial charge in [-0.25, -0.2) is 4.79 Å². The van der Waals surface area contributed by atoms with E-state index in [2.05, 4.69) is 24.5 Å². The predicted molar refractivity (Wildman–Crippen MR) is 142 cm³/mol. The fourth-order valence-corrected chi connectivity index (χ4v) is 4.56. The number of nitrogens with one attached hydrogen (secondary N) is 2. The lowest BCUT2D eigenvalue weighted by Crippen LogP contribution is -2.60. The molecule has 0 radical (unpaired) electrons. The van der Waals surface area contributed by atoms with Crippen LogP contribution in [0.1, 0.15) is 85.1 Å². The summed E-state index contributed by atoms with van der Waals surface area (Å²) in [5.74, 6) is 0.106. The number of rotatable bonds is 12. The van der Waals surface area contributed by atoms with E-state index in [0.717, 1.165) is 25.7 Å². The fourth-order valence-electron chi connectivity index (χ4n) is 4.56. The van der Waals surface area contributed by atoms with E-state index in [1.54, 1.807) is 0 Å². The van der Waals surface area contributed by atoms with Gasteiger partial charge in [-0.15, -0.1) is 0 Å². The van der Waals surface area contributed by atoms with Gasteiger partial charge in [0.05, 0.1) is 0 Å². The molecule has 1 aliphatic heterocycles. The van der Waals surface area contributed by atoms with Gasteiger partial charge in [0.15, 0.2) is 0 Å². The SMILES string of the molecule is CCCCCCCC(=O)N1CCN(C(=O)C(NC(=O)Nc2ccc(CC)cc2)C(C)CC)CC1C. The van der Waals surface area contributed by atoms with Crippen LogP contribution in [0.2, 0.25) is 0 Å². The second-order valence-corrected chi connectivity index (χ2v) is 9.90. The average Bonchev–Trinajstić information content (AvgIpc) is 2.86. The van der Waals surface area contributed by atoms with Crippen LogP contribution in [0, 0.1) is 5.92 Å². The van der Waals surface area contributed by atoms with E-state index in [1.165, 1.54) is 24.8 Å². The van der Waals surface area contributed by atoms with Gasteiger partial charge < -0.3 is 20.4 Å². The third kappa shape index (κ3) is 8.86. The van der Waals surface area contributed by atoms with Gasteiger partial charge in [-0.05, 0) is 43.4 Å². The molecule has 4 amide bonds. The summed E-state index contributed by atoms with van der Waals surface area (Å²) in [6, 6.07) is 6.71. The highest BCUT2D eigenvalue weighted by molar-refractivity contribution is 5.94. The second-order valence-electron chi connectivity index (χ2n) is 9.90. The Balaban J connectivity index is 1.92. The number of hydrogen-bond donors (Lipinski definition) is 2. The molecule has 1 heterocycles. The zero-order valence-corrected chi connectivity index (χ0v) is 22.4. The van der Waals surface area contributed by atoms with Crippen LogP contribution in [0.3, 0.4) is 0 Å². The summed E-state index contributed by atoms with van der Waals surface area (Å²) in [6.07, 6.45) is 7.92. The normalized spacial score (nSPS) is 17.6. The number of benzene rings is 1. The highest BCUT2D eigenvalue weighted by Gasteiger charge is 2.35. The molecule has 196 valence electrons. The molecule has 35 heavy (non-hydrogen) atoms. The van der Waals surface area contributed by atoms with Gasteiger partial charge in [0.1, 0.15) is 6.04 Å². The van der Waals surface area contributed by atoms with Crippen molar-refractivity contribution < 1.29 is 14.4 Å². The summed E-state index contributed by atoms with van der Waals surface area (Å²) in [5, 5.41) is 5.76. The Kier molecular flexibility index (Phi) is 12.1. The van der Waals surface area contributed by atoms with Gasteiger partial charge >= 0.3 is 6.03 Å². The van der Waals surface area contributed by atoms with Crippen LogP contribution in [0.15, 0.2) is 24.3 Å². The van der Waals surface area contributed by atoms with E-state index in [4.69, 9.17) is 0 Å². The minimum Gasteiger partial charge on any atom is -0.337 e. The van der Waals surface area contributed by atoms with Crippen molar-refractivity contribution in [2.24, 2.45) is 5.92 Å². The van der Waals surface area contributed by atoms with Crippen LogP contribution in [-0.4, -0.2) is 59.4 Å². The van der Waals surface area contributed by atoms with E-state index in [-0.39, 0.29) is 29.8 Å². The van der Waals surface area contributed by atoms with Crippen molar-refractivity contribution in [1.29, 1.82) is 0 Å². The Bertz CT molecular complexity index is 811. The van der Waals surface area contributed by atoms with Crippen LogP contribution in [0.4, 0.5) is 10.5 Å². The van der Waals surface area contributed by atoms with Gasteiger partial charge in [0.2, 0.25) is 11.8 Å². The standard InChI is InChI=1S/C28H46N4O3/c1-6-9-10-11-12-13-25(33)32-19-18-31(20-22(32)5)27(34)26(21(4)7-2)30-28(35)29-24-16-14-23(8-3)15-17-24/h14-17,21-22,26H,6-13,18-20H2,1-5H3,(H2,29,30,35). The first-order valence-corrected chi connectivity index (χ1v) is 13.5. The summed E-state index contributed by atoms with van der Waals surface area (Å²) >= 11 is 0. The lowest BCUT2D eigenvalue weighted by Gasteiger charge is -2.41. The number of amides is 4. The zero-order valence-electron chi connectivity index (χ0n) is 22.4. The Hall–Kier alpha value is -2.57. The number of anilines is 1. The number of hydrogen-bond acceptors (Lipinski definition) is 3. The number of piperazine rings is 1. The summed E-state index contributed by atoms with van der Waals surface area (Å²) in [6.45, 7) is 11.8. The molecule has 7 nitrogen and oxygen atoms in total. The quantitative estimate of drug-likeness (QED) is 0.398. The highest BCUT2D eigenvalue weighted by Crippen LogP contribution is 2.18. The fraction of sp³-hybridized carbons (Fsp3) is 0.679. The number of carbonyl (C=O) groups is 3. The smallest absolute Gasteiger partial charge is 0.319 e. The Morgan fingerprint density at radius 1 is 1.00 bits per heavy atom. The average molecular weight is 487 g/mol. The zero-order chi connectivity index (χ0) is 25.8. The first-order valence-electron chi connectivity index (χ1n) is 13.5. The Labute approximate surface area is 212 Å². The Morgan fingerprint density at radius 2 is 1.69 bits per heavy atom. The first-order chi connectivity index (χ1) is 16.8. The molecule has 1 aliphatic rings. The predicted octanol–water partition coefficient (Wildman–Crippen LogP) is 5.21. The van der Waals surface area contributed by atoms with Crippen LogP contribution in [0.25, 0.3) is 0 Å². The van der Waals surface area contributed by atoms with Gasteiger partial charge in [0, 0.05) is 37.8 Å². The molecular weight excluding hydrogens is 440 g/mol. The second kappa shape index (κ2) is 14.7. The van der Waals surface area contributed by atoms with Gasteiger partial charge in [-0.2, -0.15) is 0 Å². The van der Waals surface area contributed by atoms with Crippen molar-refractivity contribution in [1.82, 2.24) is 15.1 Å². The summed E-state index contributed by atoms with van der Waals surface area (Å²) in [4.78, 5) is 42.6. The maximum Gasteiger partial charge on any atom is 0.319 e. The van der Waals surface area contributed by atoms with E-state index >= 15 is 0 Å². The first kappa shape index (κ1) is 28.7. The molecule has 0 aliphatic carbocycles. The lowest BCUT2D eigenvalue weighted by atomic mass is 9.97. The van der Waals surface area contributed by atoms with E-state index in [0.29, 0.717) is 31.7 Å². The largest absolute Gasteiger partial charge is 0.337 e. The topological polar surface area (TPSA) is 81.8 Å². The maximum absolute atomic E-state index is 13.4. The van der Waals surface area contributed by atoms with Crippen molar-refractivity contribution in [3.05, 3.63) is 29.8 Å². The Morgan fingerprint density at radius 3 is 2.29 bits per heavy atom. The molecule has 2 rings (SSSR count). The molecule has 0 aromatic heterocycles. The van der Waals surface area contributed by atoms with Crippen LogP contribution >= 0.6 is 0 Å². The third-order valence-corrected chi connectivity index (χ3v) is 7.14. The molecule has 2 N–H and O–H groups in total. The van der Waals surface area contributed by atoms with Crippen LogP contribution in [-0.2, 0) is 16.0 Å². The van der Waals surface area contributed by atoms with E-state index in [9.17, 15) is 14.4 Å². The number of urea groups is 1. The molecule has 0 bridgehead atoms.